The number of allylic oxidation sites excluding steroid dienone is 1. The number of aliphatic hydroxyl groups is 1. The first-order chi connectivity index (χ1) is 14.6. The number of hydrogen-bond donors (Lipinski definition) is 2. The van der Waals surface area contributed by atoms with Crippen LogP contribution in [0.1, 0.15) is 36.8 Å². The van der Waals surface area contributed by atoms with Crippen LogP contribution >= 0.6 is 0 Å². The lowest BCUT2D eigenvalue weighted by Gasteiger charge is -2.37. The summed E-state index contributed by atoms with van der Waals surface area (Å²) < 4.78 is 24.9. The topological polar surface area (TPSA) is 67.8 Å². The van der Waals surface area contributed by atoms with Crippen molar-refractivity contribution in [3.05, 3.63) is 83.4 Å². The molecule has 1 amide bonds. The molecule has 0 radical (unpaired) electrons. The highest BCUT2D eigenvalue weighted by Crippen LogP contribution is 2.39. The molecule has 1 heterocycles. The zero-order valence-corrected chi connectivity index (χ0v) is 17.1. The maximum atomic E-state index is 13.1. The van der Waals surface area contributed by atoms with Crippen LogP contribution in [-0.2, 0) is 20.8 Å². The van der Waals surface area contributed by atoms with Crippen LogP contribution in [0.3, 0.4) is 0 Å². The van der Waals surface area contributed by atoms with Gasteiger partial charge in [0.15, 0.2) is 5.76 Å². The zero-order chi connectivity index (χ0) is 21.3. The average Bonchev–Trinajstić information content (AvgIpc) is 2.78. The molecule has 2 N–H and O–H groups in total. The number of aliphatic hydroxyl groups excluding tert-OH is 1. The third-order valence-corrected chi connectivity index (χ3v) is 5.19. The number of carbonyl (C=O) groups is 1. The lowest BCUT2D eigenvalue weighted by Crippen LogP contribution is -2.38. The van der Waals surface area contributed by atoms with E-state index in [1.165, 1.54) is 12.1 Å². The van der Waals surface area contributed by atoms with E-state index in [1.54, 1.807) is 12.1 Å². The molecule has 5 nitrogen and oxygen atoms in total. The summed E-state index contributed by atoms with van der Waals surface area (Å²) in [5.41, 5.74) is 1.86. The molecule has 1 aliphatic rings. The van der Waals surface area contributed by atoms with E-state index in [4.69, 9.17) is 9.47 Å². The molecule has 0 aliphatic carbocycles. The van der Waals surface area contributed by atoms with Gasteiger partial charge in [0.25, 0.3) is 5.91 Å². The van der Waals surface area contributed by atoms with Gasteiger partial charge in [-0.25, -0.2) is 4.39 Å². The van der Waals surface area contributed by atoms with Crippen molar-refractivity contribution in [2.45, 2.75) is 38.5 Å². The minimum absolute atomic E-state index is 0.0202. The molecule has 3 rings (SSSR count). The SMILES string of the molecule is CCO[C@H]1OC(C(=O)NCc2ccc(F)cc2)=C[C@@H](c2ccccc2)[C@H]1CCCO. The fourth-order valence-electron chi connectivity index (χ4n) is 3.69. The van der Waals surface area contributed by atoms with E-state index in [-0.39, 0.29) is 42.5 Å². The fraction of sp³-hybridized carbons (Fsp3) is 0.375. The van der Waals surface area contributed by atoms with Crippen LogP contribution in [0, 0.1) is 11.7 Å². The van der Waals surface area contributed by atoms with E-state index < -0.39 is 6.29 Å². The summed E-state index contributed by atoms with van der Waals surface area (Å²) in [6.07, 6.45) is 2.60. The van der Waals surface area contributed by atoms with Crippen LogP contribution in [0.15, 0.2) is 66.4 Å². The van der Waals surface area contributed by atoms with Crippen LogP contribution < -0.4 is 5.32 Å². The second-order valence-corrected chi connectivity index (χ2v) is 7.25. The number of nitrogens with one attached hydrogen (secondary N) is 1. The van der Waals surface area contributed by atoms with Gasteiger partial charge in [-0.2, -0.15) is 0 Å². The zero-order valence-electron chi connectivity index (χ0n) is 17.1. The Morgan fingerprint density at radius 2 is 1.90 bits per heavy atom. The Morgan fingerprint density at radius 1 is 1.17 bits per heavy atom. The maximum absolute atomic E-state index is 13.1. The Labute approximate surface area is 176 Å². The molecule has 0 saturated heterocycles. The van der Waals surface area contributed by atoms with Crippen molar-refractivity contribution in [1.82, 2.24) is 5.32 Å². The molecule has 1 aliphatic heterocycles. The Morgan fingerprint density at radius 3 is 2.57 bits per heavy atom. The number of hydrogen-bond acceptors (Lipinski definition) is 4. The highest BCUT2D eigenvalue weighted by molar-refractivity contribution is 5.91. The molecule has 0 fully saturated rings. The summed E-state index contributed by atoms with van der Waals surface area (Å²) in [6, 6.07) is 15.9. The summed E-state index contributed by atoms with van der Waals surface area (Å²) in [5, 5.41) is 12.2. The van der Waals surface area contributed by atoms with Gasteiger partial charge in [-0.3, -0.25) is 4.79 Å². The first-order valence-electron chi connectivity index (χ1n) is 10.3. The van der Waals surface area contributed by atoms with E-state index >= 15 is 0 Å². The van der Waals surface area contributed by atoms with E-state index in [9.17, 15) is 14.3 Å². The molecule has 0 bridgehead atoms. The molecule has 6 heteroatoms. The molecule has 2 aromatic carbocycles. The predicted molar refractivity (Wildman–Crippen MR) is 112 cm³/mol. The largest absolute Gasteiger partial charge is 0.459 e. The number of carbonyl (C=O) groups excluding carboxylic acids is 1. The molecule has 30 heavy (non-hydrogen) atoms. The molecule has 0 unspecified atom stereocenters. The molecule has 0 aromatic heterocycles. The quantitative estimate of drug-likeness (QED) is 0.655. The van der Waals surface area contributed by atoms with E-state index in [2.05, 4.69) is 5.32 Å². The standard InChI is InChI=1S/C24H28FNO4/c1-2-29-24-20(9-6-14-27)21(18-7-4-3-5-8-18)15-22(30-24)23(28)26-16-17-10-12-19(25)13-11-17/h3-5,7-8,10-13,15,20-21,24,27H,2,6,9,14,16H2,1H3,(H,26,28)/t20-,21+,24+/m1/s1. The van der Waals surface area contributed by atoms with Gasteiger partial charge in [-0.1, -0.05) is 42.5 Å². The van der Waals surface area contributed by atoms with Crippen molar-refractivity contribution >= 4 is 5.91 Å². The van der Waals surface area contributed by atoms with Gasteiger partial charge in [0.05, 0.1) is 0 Å². The van der Waals surface area contributed by atoms with Crippen LogP contribution in [0.5, 0.6) is 0 Å². The van der Waals surface area contributed by atoms with Gasteiger partial charge in [-0.15, -0.1) is 0 Å². The lowest BCUT2D eigenvalue weighted by atomic mass is 9.80. The number of halogens is 1. The normalized spacial score (nSPS) is 20.9. The van der Waals surface area contributed by atoms with Gasteiger partial charge in [0.2, 0.25) is 6.29 Å². The Hall–Kier alpha value is -2.70. The number of rotatable bonds is 9. The van der Waals surface area contributed by atoms with Gasteiger partial charge in [0, 0.05) is 31.6 Å². The van der Waals surface area contributed by atoms with Crippen molar-refractivity contribution < 1.29 is 23.8 Å². The first-order valence-corrected chi connectivity index (χ1v) is 10.3. The van der Waals surface area contributed by atoms with Crippen LogP contribution in [-0.4, -0.2) is 30.5 Å². The van der Waals surface area contributed by atoms with E-state index in [0.717, 1.165) is 11.1 Å². The number of ether oxygens (including phenoxy) is 2. The average molecular weight is 413 g/mol. The Kier molecular flexibility index (Phi) is 7.99. The number of benzene rings is 2. The first kappa shape index (κ1) is 22.0. The second-order valence-electron chi connectivity index (χ2n) is 7.25. The molecule has 0 saturated carbocycles. The van der Waals surface area contributed by atoms with Crippen molar-refractivity contribution in [2.75, 3.05) is 13.2 Å². The van der Waals surface area contributed by atoms with Gasteiger partial charge < -0.3 is 19.9 Å². The van der Waals surface area contributed by atoms with Crippen LogP contribution in [0.2, 0.25) is 0 Å². The second kappa shape index (κ2) is 10.9. The molecular weight excluding hydrogens is 385 g/mol. The van der Waals surface area contributed by atoms with Crippen LogP contribution in [0.25, 0.3) is 0 Å². The Bertz CT molecular complexity index is 838. The molecule has 2 aromatic rings. The summed E-state index contributed by atoms with van der Waals surface area (Å²) >= 11 is 0. The van der Waals surface area contributed by atoms with Gasteiger partial charge >= 0.3 is 0 Å². The monoisotopic (exact) mass is 413 g/mol. The third-order valence-electron chi connectivity index (χ3n) is 5.19. The fourth-order valence-corrected chi connectivity index (χ4v) is 3.69. The maximum Gasteiger partial charge on any atom is 0.286 e. The lowest BCUT2D eigenvalue weighted by molar-refractivity contribution is -0.166. The smallest absolute Gasteiger partial charge is 0.286 e. The van der Waals surface area contributed by atoms with Crippen LogP contribution in [0.4, 0.5) is 4.39 Å². The predicted octanol–water partition coefficient (Wildman–Crippen LogP) is 3.89. The molecule has 160 valence electrons. The summed E-state index contributed by atoms with van der Waals surface area (Å²) in [5.74, 6) is -0.541. The number of amides is 1. The summed E-state index contributed by atoms with van der Waals surface area (Å²) in [7, 11) is 0. The minimum atomic E-state index is -0.580. The highest BCUT2D eigenvalue weighted by atomic mass is 19.1. The van der Waals surface area contributed by atoms with Crippen molar-refractivity contribution in [2.24, 2.45) is 5.92 Å². The van der Waals surface area contributed by atoms with Crippen molar-refractivity contribution in [3.8, 4) is 0 Å². The van der Waals surface area contributed by atoms with E-state index in [0.29, 0.717) is 19.4 Å². The molecular formula is C24H28FNO4. The minimum Gasteiger partial charge on any atom is -0.459 e. The summed E-state index contributed by atoms with van der Waals surface area (Å²) in [4.78, 5) is 12.8. The highest BCUT2D eigenvalue weighted by Gasteiger charge is 2.37. The Balaban J connectivity index is 1.81. The van der Waals surface area contributed by atoms with Gasteiger partial charge in [-0.05, 0) is 49.1 Å². The van der Waals surface area contributed by atoms with Crippen molar-refractivity contribution in [1.29, 1.82) is 0 Å². The molecule has 3 atom stereocenters. The van der Waals surface area contributed by atoms with Gasteiger partial charge in [0.1, 0.15) is 5.82 Å². The van der Waals surface area contributed by atoms with Crippen molar-refractivity contribution in [3.63, 3.8) is 0 Å². The third kappa shape index (κ3) is 5.68. The van der Waals surface area contributed by atoms with E-state index in [1.807, 2.05) is 43.3 Å². The molecule has 0 spiro atoms. The summed E-state index contributed by atoms with van der Waals surface area (Å²) in [6.45, 7) is 2.69.